The van der Waals surface area contributed by atoms with Crippen LogP contribution in [0, 0.1) is 0 Å². The largest absolute Gasteiger partial charge is 0.434 e. The molecule has 0 bridgehead atoms. The molecule has 0 spiro atoms. The van der Waals surface area contributed by atoms with Gasteiger partial charge in [0.15, 0.2) is 5.75 Å². The molecule has 1 aliphatic carbocycles. The minimum atomic E-state index is -0.814. The summed E-state index contributed by atoms with van der Waals surface area (Å²) >= 11 is 12.7. The summed E-state index contributed by atoms with van der Waals surface area (Å²) in [5.74, 6) is 0.263. The highest BCUT2D eigenvalue weighted by molar-refractivity contribution is 6.37. The maximum absolute atomic E-state index is 12.4. The molecule has 0 amide bonds. The minimum Gasteiger partial charge on any atom is -0.434 e. The molecule has 178 valence electrons. The van der Waals surface area contributed by atoms with E-state index in [0.29, 0.717) is 11.5 Å². The van der Waals surface area contributed by atoms with Gasteiger partial charge in [0.1, 0.15) is 0 Å². The Balaban J connectivity index is 1.39. The summed E-state index contributed by atoms with van der Waals surface area (Å²) in [6.07, 6.45) is 1.69. The van der Waals surface area contributed by atoms with Gasteiger partial charge >= 0.3 is 5.69 Å². The van der Waals surface area contributed by atoms with Crippen molar-refractivity contribution in [1.82, 2.24) is 25.0 Å². The maximum Gasteiger partial charge on any atom is 0.349 e. The van der Waals surface area contributed by atoms with Gasteiger partial charge in [0.05, 0.1) is 15.7 Å². The summed E-state index contributed by atoms with van der Waals surface area (Å²) in [4.78, 5) is 38.0. The maximum atomic E-state index is 12.4. The molecule has 10 nitrogen and oxygen atoms in total. The van der Waals surface area contributed by atoms with Crippen LogP contribution in [0.4, 0.5) is 5.82 Å². The van der Waals surface area contributed by atoms with Crippen molar-refractivity contribution in [1.29, 1.82) is 0 Å². The topological polar surface area (TPSA) is 149 Å². The third kappa shape index (κ3) is 4.45. The van der Waals surface area contributed by atoms with E-state index in [1.807, 2.05) is 23.2 Å². The van der Waals surface area contributed by atoms with E-state index >= 15 is 0 Å². The number of anilines is 1. The molecule has 1 fully saturated rings. The average molecular weight is 513 g/mol. The van der Waals surface area contributed by atoms with Gasteiger partial charge in [0.25, 0.3) is 11.1 Å². The Bertz CT molecular complexity index is 1570. The first-order valence-electron chi connectivity index (χ1n) is 10.6. The lowest BCUT2D eigenvalue weighted by molar-refractivity contribution is 0.346. The Morgan fingerprint density at radius 2 is 1.66 bits per heavy atom. The molecule has 5 rings (SSSR count). The summed E-state index contributed by atoms with van der Waals surface area (Å²) in [7, 11) is 0. The Morgan fingerprint density at radius 3 is 2.34 bits per heavy atom. The number of nitrogens with one attached hydrogen (secondary N) is 2. The molecule has 0 unspecified atom stereocenters. The van der Waals surface area contributed by atoms with E-state index < -0.39 is 17.1 Å². The zero-order chi connectivity index (χ0) is 24.7. The molecule has 2 aromatic heterocycles. The van der Waals surface area contributed by atoms with Crippen molar-refractivity contribution in [3.8, 4) is 17.3 Å². The number of nitrogens with two attached hydrogens (primary N) is 1. The van der Waals surface area contributed by atoms with E-state index in [1.165, 1.54) is 17.7 Å². The van der Waals surface area contributed by atoms with E-state index in [-0.39, 0.29) is 38.8 Å². The molecule has 2 aromatic carbocycles. The van der Waals surface area contributed by atoms with Gasteiger partial charge in [0, 0.05) is 11.6 Å². The van der Waals surface area contributed by atoms with Crippen LogP contribution in [-0.2, 0) is 0 Å². The second-order valence-corrected chi connectivity index (χ2v) is 8.98. The lowest BCUT2D eigenvalue weighted by Crippen LogP contribution is -2.33. The summed E-state index contributed by atoms with van der Waals surface area (Å²) in [5, 5.41) is 10.3. The van der Waals surface area contributed by atoms with Crippen molar-refractivity contribution < 1.29 is 4.74 Å². The van der Waals surface area contributed by atoms with Gasteiger partial charge in [-0.2, -0.15) is 4.68 Å². The highest BCUT2D eigenvalue weighted by atomic mass is 35.5. The van der Waals surface area contributed by atoms with Gasteiger partial charge < -0.3 is 10.5 Å². The second-order valence-electron chi connectivity index (χ2n) is 8.16. The summed E-state index contributed by atoms with van der Waals surface area (Å²) < 4.78 is 6.65. The van der Waals surface area contributed by atoms with E-state index in [2.05, 4.69) is 27.4 Å². The number of nitrogens with zero attached hydrogens (tertiary/aromatic N) is 3. The third-order valence-corrected chi connectivity index (χ3v) is 6.51. The second kappa shape index (κ2) is 9.05. The molecule has 0 atom stereocenters. The first-order chi connectivity index (χ1) is 16.8. The minimum absolute atomic E-state index is 0.0494. The van der Waals surface area contributed by atoms with Crippen molar-refractivity contribution in [2.45, 2.75) is 24.7 Å². The van der Waals surface area contributed by atoms with E-state index in [4.69, 9.17) is 33.7 Å². The predicted molar refractivity (Wildman–Crippen MR) is 131 cm³/mol. The highest BCUT2D eigenvalue weighted by Gasteiger charge is 2.33. The number of nitrogen functional groups attached to an aromatic ring is 1. The highest BCUT2D eigenvalue weighted by Crippen LogP contribution is 2.47. The zero-order valence-electron chi connectivity index (χ0n) is 18.0. The van der Waals surface area contributed by atoms with Gasteiger partial charge in [-0.3, -0.25) is 14.6 Å². The first kappa shape index (κ1) is 22.9. The van der Waals surface area contributed by atoms with Crippen LogP contribution in [-0.4, -0.2) is 25.0 Å². The van der Waals surface area contributed by atoms with E-state index in [1.54, 1.807) is 6.07 Å². The molecule has 35 heavy (non-hydrogen) atoms. The van der Waals surface area contributed by atoms with Crippen LogP contribution in [0.3, 0.4) is 0 Å². The van der Waals surface area contributed by atoms with E-state index in [9.17, 15) is 14.4 Å². The van der Waals surface area contributed by atoms with Crippen molar-refractivity contribution in [2.24, 2.45) is 0 Å². The van der Waals surface area contributed by atoms with Crippen LogP contribution >= 0.6 is 23.2 Å². The lowest BCUT2D eigenvalue weighted by Gasteiger charge is -2.35. The van der Waals surface area contributed by atoms with Crippen molar-refractivity contribution in [3.63, 3.8) is 0 Å². The van der Waals surface area contributed by atoms with Crippen LogP contribution in [0.25, 0.3) is 5.69 Å². The van der Waals surface area contributed by atoms with Crippen molar-refractivity contribution in [2.75, 3.05) is 5.73 Å². The molecular weight excluding hydrogens is 495 g/mol. The van der Waals surface area contributed by atoms with Crippen LogP contribution in [0.5, 0.6) is 11.6 Å². The number of H-pyrrole nitrogens is 2. The number of halogens is 2. The fraction of sp³-hybridized carbons (Fsp3) is 0.174. The van der Waals surface area contributed by atoms with Gasteiger partial charge in [-0.05, 0) is 42.4 Å². The molecule has 4 aromatic rings. The Hall–Kier alpha value is -3.89. The van der Waals surface area contributed by atoms with Gasteiger partial charge in [-0.25, -0.2) is 9.89 Å². The third-order valence-electron chi connectivity index (χ3n) is 5.95. The normalized spacial score (nSPS) is 17.1. The summed E-state index contributed by atoms with van der Waals surface area (Å²) in [6.45, 7) is 0. The van der Waals surface area contributed by atoms with E-state index in [0.717, 1.165) is 17.5 Å². The number of hydrogen-bond acceptors (Lipinski definition) is 7. The fourth-order valence-corrected chi connectivity index (χ4v) is 4.64. The summed E-state index contributed by atoms with van der Waals surface area (Å²) in [5.41, 5.74) is 5.60. The molecular formula is C23H18Cl2N6O4. The Morgan fingerprint density at radius 1 is 0.971 bits per heavy atom. The number of rotatable bonds is 5. The number of hydrogen-bond donors (Lipinski definition) is 3. The van der Waals surface area contributed by atoms with Gasteiger partial charge in [-0.15, -0.1) is 10.2 Å². The van der Waals surface area contributed by atoms with Gasteiger partial charge in [0.2, 0.25) is 11.7 Å². The number of benzene rings is 2. The molecule has 0 radical (unpaired) electrons. The first-order valence-corrected chi connectivity index (χ1v) is 11.4. The van der Waals surface area contributed by atoms with Gasteiger partial charge in [-0.1, -0.05) is 53.5 Å². The molecule has 0 saturated heterocycles. The monoisotopic (exact) mass is 512 g/mol. The standard InChI is InChI=1S/C23H18Cl2N6O4/c24-16-8-14(31-23(34)27-22(33)20(26)30-31)9-17(25)19(16)35-18-10-15(21(32)29-28-18)13-6-12(7-13)11-4-2-1-3-5-11/h1-5,8-10,12-13H,6-7H2,(H2,26,30)(H,29,32)(H,27,33,34)/t12-,13+. The van der Waals surface area contributed by atoms with Crippen molar-refractivity contribution in [3.05, 3.63) is 101 Å². The number of aromatic nitrogens is 5. The smallest absolute Gasteiger partial charge is 0.349 e. The SMILES string of the molecule is Nc1nn(-c2cc(Cl)c(Oc3cc([C@H]4C[C@@H](c5ccccc5)C4)c(=O)[nH]n3)c(Cl)c2)c(=O)[nH]c1=O. The average Bonchev–Trinajstić information content (AvgIpc) is 2.80. The van der Waals surface area contributed by atoms with Crippen LogP contribution in [0.2, 0.25) is 10.0 Å². The molecule has 2 heterocycles. The molecule has 1 saturated carbocycles. The Kier molecular flexibility index (Phi) is 5.91. The predicted octanol–water partition coefficient (Wildman–Crippen LogP) is 3.35. The Labute approximate surface area is 207 Å². The molecule has 1 aliphatic rings. The van der Waals surface area contributed by atoms with Crippen molar-refractivity contribution >= 4 is 29.0 Å². The fourth-order valence-electron chi connectivity index (χ4n) is 4.08. The van der Waals surface area contributed by atoms with Crippen LogP contribution in [0.15, 0.2) is 62.9 Å². The number of aromatic amines is 2. The molecule has 12 heteroatoms. The van der Waals surface area contributed by atoms with Crippen LogP contribution < -0.4 is 27.3 Å². The lowest BCUT2D eigenvalue weighted by atomic mass is 9.69. The molecule has 4 N–H and O–H groups in total. The van der Waals surface area contributed by atoms with Crippen LogP contribution in [0.1, 0.15) is 35.8 Å². The number of ether oxygens (including phenoxy) is 1. The quantitative estimate of drug-likeness (QED) is 0.371. The summed E-state index contributed by atoms with van der Waals surface area (Å²) in [6, 6.07) is 14.5. The zero-order valence-corrected chi connectivity index (χ0v) is 19.5. The molecule has 0 aliphatic heterocycles.